The Morgan fingerprint density at radius 1 is 1.24 bits per heavy atom. The highest BCUT2D eigenvalue weighted by atomic mass is 16.5. The number of anilines is 1. The highest BCUT2D eigenvalue weighted by Gasteiger charge is 2.13. The van der Waals surface area contributed by atoms with E-state index in [9.17, 15) is 10.2 Å². The molecule has 0 unspecified atom stereocenters. The van der Waals surface area contributed by atoms with Crippen LogP contribution in [0.4, 0.5) is 5.82 Å². The van der Waals surface area contributed by atoms with E-state index in [1.807, 2.05) is 0 Å². The van der Waals surface area contributed by atoms with Crippen LogP contribution in [0.25, 0.3) is 11.2 Å². The van der Waals surface area contributed by atoms with Gasteiger partial charge in [0, 0.05) is 12.1 Å². The van der Waals surface area contributed by atoms with Crippen molar-refractivity contribution in [2.45, 2.75) is 6.54 Å². The molecule has 0 aliphatic carbocycles. The van der Waals surface area contributed by atoms with Crippen LogP contribution in [0.2, 0.25) is 0 Å². The van der Waals surface area contributed by atoms with Gasteiger partial charge in [-0.05, 0) is 12.1 Å². The quantitative estimate of drug-likeness (QED) is 0.573. The summed E-state index contributed by atoms with van der Waals surface area (Å²) in [5.74, 6) is 0.393. The van der Waals surface area contributed by atoms with Gasteiger partial charge in [0.05, 0.1) is 13.4 Å². The topological polar surface area (TPSA) is 116 Å². The second-order valence-electron chi connectivity index (χ2n) is 4.30. The van der Waals surface area contributed by atoms with Crippen molar-refractivity contribution in [3.8, 4) is 17.2 Å². The largest absolute Gasteiger partial charge is 0.504 e. The van der Waals surface area contributed by atoms with E-state index in [0.717, 1.165) is 0 Å². The van der Waals surface area contributed by atoms with E-state index in [-0.39, 0.29) is 17.2 Å². The Hall–Kier alpha value is -3.03. The smallest absolute Gasteiger partial charge is 0.203 e. The third-order valence-electron chi connectivity index (χ3n) is 3.07. The second-order valence-corrected chi connectivity index (χ2v) is 4.30. The first-order valence-electron chi connectivity index (χ1n) is 6.16. The van der Waals surface area contributed by atoms with Gasteiger partial charge < -0.3 is 25.3 Å². The fourth-order valence-electron chi connectivity index (χ4n) is 2.02. The van der Waals surface area contributed by atoms with Crippen molar-refractivity contribution >= 4 is 17.0 Å². The molecule has 3 rings (SSSR count). The summed E-state index contributed by atoms with van der Waals surface area (Å²) in [6, 6.07) is 3.06. The molecule has 0 atom stereocenters. The van der Waals surface area contributed by atoms with E-state index in [4.69, 9.17) is 4.74 Å². The molecule has 0 spiro atoms. The Labute approximate surface area is 119 Å². The molecule has 0 aliphatic heterocycles. The number of aromatic amines is 1. The summed E-state index contributed by atoms with van der Waals surface area (Å²) < 4.78 is 4.96. The molecule has 0 fully saturated rings. The summed E-state index contributed by atoms with van der Waals surface area (Å²) >= 11 is 0. The molecule has 108 valence electrons. The van der Waals surface area contributed by atoms with Crippen molar-refractivity contribution in [3.05, 3.63) is 30.4 Å². The van der Waals surface area contributed by atoms with Crippen molar-refractivity contribution in [1.82, 2.24) is 19.9 Å². The predicted octanol–water partition coefficient (Wildman–Crippen LogP) is 1.38. The number of aromatic hydroxyl groups is 2. The summed E-state index contributed by atoms with van der Waals surface area (Å²) in [7, 11) is 1.38. The normalized spacial score (nSPS) is 10.7. The van der Waals surface area contributed by atoms with Gasteiger partial charge in [0.2, 0.25) is 5.75 Å². The third-order valence-corrected chi connectivity index (χ3v) is 3.07. The first kappa shape index (κ1) is 13.0. The van der Waals surface area contributed by atoms with Crippen molar-refractivity contribution in [2.75, 3.05) is 12.4 Å². The fourth-order valence-corrected chi connectivity index (χ4v) is 2.02. The summed E-state index contributed by atoms with van der Waals surface area (Å²) in [5, 5.41) is 22.7. The molecule has 1 aromatic carbocycles. The van der Waals surface area contributed by atoms with Gasteiger partial charge in [-0.3, -0.25) is 0 Å². The summed E-state index contributed by atoms with van der Waals surface area (Å²) in [4.78, 5) is 15.1. The number of methoxy groups -OCH3 is 1. The maximum Gasteiger partial charge on any atom is 0.203 e. The van der Waals surface area contributed by atoms with Crippen LogP contribution in [0.1, 0.15) is 5.56 Å². The van der Waals surface area contributed by atoms with Gasteiger partial charge in [0.25, 0.3) is 0 Å². The zero-order chi connectivity index (χ0) is 14.8. The number of imidazole rings is 1. The second kappa shape index (κ2) is 5.16. The first-order valence-corrected chi connectivity index (χ1v) is 6.16. The van der Waals surface area contributed by atoms with Gasteiger partial charge in [0.1, 0.15) is 11.8 Å². The molecule has 0 amide bonds. The van der Waals surface area contributed by atoms with Gasteiger partial charge in [-0.15, -0.1) is 0 Å². The van der Waals surface area contributed by atoms with Crippen molar-refractivity contribution in [1.29, 1.82) is 0 Å². The molecule has 4 N–H and O–H groups in total. The predicted molar refractivity (Wildman–Crippen MR) is 75.3 cm³/mol. The lowest BCUT2D eigenvalue weighted by molar-refractivity contribution is 0.342. The van der Waals surface area contributed by atoms with Crippen LogP contribution in [0.5, 0.6) is 17.2 Å². The molecule has 3 aromatic rings. The van der Waals surface area contributed by atoms with E-state index in [2.05, 4.69) is 25.3 Å². The zero-order valence-electron chi connectivity index (χ0n) is 11.2. The number of phenolic OH excluding ortho intramolecular Hbond substituents is 2. The molecule has 8 nitrogen and oxygen atoms in total. The van der Waals surface area contributed by atoms with Crippen LogP contribution in [0.3, 0.4) is 0 Å². The highest BCUT2D eigenvalue weighted by molar-refractivity contribution is 5.81. The number of benzene rings is 1. The number of H-pyrrole nitrogens is 1. The lowest BCUT2D eigenvalue weighted by Crippen LogP contribution is -2.03. The molecule has 0 bridgehead atoms. The van der Waals surface area contributed by atoms with E-state index in [0.29, 0.717) is 29.1 Å². The fraction of sp³-hybridized carbons (Fsp3) is 0.154. The van der Waals surface area contributed by atoms with E-state index in [1.165, 1.54) is 25.8 Å². The van der Waals surface area contributed by atoms with Crippen molar-refractivity contribution in [3.63, 3.8) is 0 Å². The SMILES string of the molecule is COc1c(O)ccc(CNc2ncnc3nc[nH]c23)c1O. The molecular weight excluding hydrogens is 274 g/mol. The van der Waals surface area contributed by atoms with E-state index >= 15 is 0 Å². The van der Waals surface area contributed by atoms with Gasteiger partial charge in [-0.25, -0.2) is 15.0 Å². The first-order chi connectivity index (χ1) is 10.2. The molecule has 2 aromatic heterocycles. The number of nitrogens with zero attached hydrogens (tertiary/aromatic N) is 3. The molecule has 2 heterocycles. The van der Waals surface area contributed by atoms with Crippen molar-refractivity contribution < 1.29 is 14.9 Å². The Bertz CT molecular complexity index is 787. The van der Waals surface area contributed by atoms with Gasteiger partial charge in [0.15, 0.2) is 23.0 Å². The van der Waals surface area contributed by atoms with E-state index < -0.39 is 0 Å². The molecule has 0 saturated carbocycles. The third kappa shape index (κ3) is 2.27. The number of ether oxygens (including phenoxy) is 1. The number of hydrogen-bond acceptors (Lipinski definition) is 7. The lowest BCUT2D eigenvalue weighted by Gasteiger charge is -2.11. The van der Waals surface area contributed by atoms with Crippen LogP contribution in [-0.4, -0.2) is 37.3 Å². The Balaban J connectivity index is 1.87. The van der Waals surface area contributed by atoms with Crippen LogP contribution in [0.15, 0.2) is 24.8 Å². The molecule has 0 aliphatic rings. The number of fused-ring (bicyclic) bond motifs is 1. The maximum atomic E-state index is 10.0. The summed E-state index contributed by atoms with van der Waals surface area (Å²) in [6.45, 7) is 0.299. The average molecular weight is 287 g/mol. The van der Waals surface area contributed by atoms with Crippen molar-refractivity contribution in [2.24, 2.45) is 0 Å². The minimum Gasteiger partial charge on any atom is -0.504 e. The van der Waals surface area contributed by atoms with Crippen LogP contribution < -0.4 is 10.1 Å². The Morgan fingerprint density at radius 3 is 2.90 bits per heavy atom. The Morgan fingerprint density at radius 2 is 2.10 bits per heavy atom. The zero-order valence-corrected chi connectivity index (χ0v) is 11.2. The van der Waals surface area contributed by atoms with Gasteiger partial charge in [-0.1, -0.05) is 0 Å². The average Bonchev–Trinajstić information content (AvgIpc) is 2.96. The number of rotatable bonds is 4. The minimum atomic E-state index is -0.114. The van der Waals surface area contributed by atoms with Crippen LogP contribution in [0, 0.1) is 0 Å². The molecule has 0 radical (unpaired) electrons. The maximum absolute atomic E-state index is 10.0. The number of hydrogen-bond donors (Lipinski definition) is 4. The van der Waals surface area contributed by atoms with Crippen LogP contribution in [-0.2, 0) is 6.54 Å². The Kier molecular flexibility index (Phi) is 3.19. The monoisotopic (exact) mass is 287 g/mol. The standard InChI is InChI=1S/C13H13N5O3/c1-21-11-8(19)3-2-7(10(11)20)4-14-12-9-13(16-5-15-9)18-6-17-12/h2-3,5-6,19-20H,4H2,1H3,(H2,14,15,16,17,18). The summed E-state index contributed by atoms with van der Waals surface area (Å²) in [5.41, 5.74) is 1.80. The molecule has 0 saturated heterocycles. The molecule has 8 heteroatoms. The molecular formula is C13H13N5O3. The highest BCUT2D eigenvalue weighted by Crippen LogP contribution is 2.38. The number of nitrogens with one attached hydrogen (secondary N) is 2. The van der Waals surface area contributed by atoms with Crippen LogP contribution >= 0.6 is 0 Å². The summed E-state index contributed by atoms with van der Waals surface area (Å²) in [6.07, 6.45) is 2.94. The molecule has 21 heavy (non-hydrogen) atoms. The van der Waals surface area contributed by atoms with E-state index in [1.54, 1.807) is 6.07 Å². The number of aromatic nitrogens is 4. The minimum absolute atomic E-state index is 0.0451. The van der Waals surface area contributed by atoms with Gasteiger partial charge in [-0.2, -0.15) is 0 Å². The number of phenols is 2. The van der Waals surface area contributed by atoms with Gasteiger partial charge >= 0.3 is 0 Å². The lowest BCUT2D eigenvalue weighted by atomic mass is 10.1.